The second-order valence-electron chi connectivity index (χ2n) is 3.15. The maximum atomic E-state index is 11.1. The van der Waals surface area contributed by atoms with Crippen LogP contribution in [0.25, 0.3) is 0 Å². The Labute approximate surface area is 105 Å². The van der Waals surface area contributed by atoms with Crippen molar-refractivity contribution in [2.24, 2.45) is 0 Å². The van der Waals surface area contributed by atoms with Crippen molar-refractivity contribution in [2.45, 2.75) is 0 Å². The van der Waals surface area contributed by atoms with E-state index in [1.165, 1.54) is 7.05 Å². The van der Waals surface area contributed by atoms with Crippen molar-refractivity contribution >= 4 is 22.0 Å². The van der Waals surface area contributed by atoms with Gasteiger partial charge < -0.3 is 20.5 Å². The molecular formula is C8H17N3O6S. The van der Waals surface area contributed by atoms with Crippen LogP contribution in [0.4, 0.5) is 4.79 Å². The molecule has 0 aliphatic rings. The van der Waals surface area contributed by atoms with E-state index in [9.17, 15) is 18.0 Å². The lowest BCUT2D eigenvalue weighted by molar-refractivity contribution is -0.142. The van der Waals surface area contributed by atoms with Gasteiger partial charge in [-0.1, -0.05) is 0 Å². The van der Waals surface area contributed by atoms with Crippen molar-refractivity contribution in [3.05, 3.63) is 0 Å². The van der Waals surface area contributed by atoms with Gasteiger partial charge in [-0.3, -0.25) is 0 Å². The van der Waals surface area contributed by atoms with Crippen LogP contribution in [-0.4, -0.2) is 64.6 Å². The highest BCUT2D eigenvalue weighted by Gasteiger charge is 2.07. The summed E-state index contributed by atoms with van der Waals surface area (Å²) in [6.45, 7) is -0.249. The van der Waals surface area contributed by atoms with Gasteiger partial charge in [0, 0.05) is 13.1 Å². The van der Waals surface area contributed by atoms with Gasteiger partial charge in [0.1, 0.15) is 6.61 Å². The number of carbonyl (C=O) groups excluding carboxylic acids is 1. The van der Waals surface area contributed by atoms with Gasteiger partial charge in [-0.2, -0.15) is 0 Å². The molecule has 4 N–H and O–H groups in total. The molecule has 2 amide bonds. The predicted octanol–water partition coefficient (Wildman–Crippen LogP) is -2.06. The highest BCUT2D eigenvalue weighted by atomic mass is 32.2. The zero-order valence-electron chi connectivity index (χ0n) is 9.93. The maximum absolute atomic E-state index is 11.1. The topological polar surface area (TPSA) is 134 Å². The van der Waals surface area contributed by atoms with Gasteiger partial charge in [-0.05, 0) is 7.05 Å². The number of urea groups is 1. The summed E-state index contributed by atoms with van der Waals surface area (Å²) in [5.41, 5.74) is 0. The molecule has 10 heteroatoms. The number of hydrogen-bond donors (Lipinski definition) is 4. The van der Waals surface area contributed by atoms with Crippen molar-refractivity contribution in [3.8, 4) is 0 Å². The fraction of sp³-hybridized carbons (Fsp3) is 0.750. The van der Waals surface area contributed by atoms with E-state index >= 15 is 0 Å². The lowest BCUT2D eigenvalue weighted by atomic mass is 10.6. The minimum Gasteiger partial charge on any atom is -0.480 e. The lowest BCUT2D eigenvalue weighted by Gasteiger charge is -2.07. The van der Waals surface area contributed by atoms with Crippen LogP contribution in [0.15, 0.2) is 0 Å². The van der Waals surface area contributed by atoms with E-state index in [4.69, 9.17) is 5.11 Å². The Morgan fingerprint density at radius 1 is 1.22 bits per heavy atom. The molecule has 0 aliphatic heterocycles. The van der Waals surface area contributed by atoms with E-state index in [0.717, 1.165) is 0 Å². The molecule has 0 spiro atoms. The number of ether oxygens (including phenoxy) is 1. The third kappa shape index (κ3) is 9.81. The van der Waals surface area contributed by atoms with Gasteiger partial charge in [0.2, 0.25) is 10.0 Å². The summed E-state index contributed by atoms with van der Waals surface area (Å²) < 4.78 is 28.8. The molecule has 0 bridgehead atoms. The molecule has 18 heavy (non-hydrogen) atoms. The van der Waals surface area contributed by atoms with E-state index in [1.54, 1.807) is 0 Å². The van der Waals surface area contributed by atoms with Crippen LogP contribution >= 0.6 is 0 Å². The number of amides is 2. The van der Waals surface area contributed by atoms with E-state index in [1.807, 2.05) is 0 Å². The molecule has 106 valence electrons. The zero-order chi connectivity index (χ0) is 14.0. The molecule has 0 fully saturated rings. The van der Waals surface area contributed by atoms with Crippen molar-refractivity contribution in [2.75, 3.05) is 39.1 Å². The van der Waals surface area contributed by atoms with Crippen molar-refractivity contribution in [1.29, 1.82) is 0 Å². The molecule has 0 heterocycles. The largest absolute Gasteiger partial charge is 0.480 e. The Hall–Kier alpha value is -1.39. The minimum absolute atomic E-state index is 0.0228. The van der Waals surface area contributed by atoms with E-state index < -0.39 is 28.6 Å². The average Bonchev–Trinajstić information content (AvgIpc) is 2.28. The Morgan fingerprint density at radius 3 is 2.39 bits per heavy atom. The first-order valence-corrected chi connectivity index (χ1v) is 6.75. The van der Waals surface area contributed by atoms with Gasteiger partial charge >= 0.3 is 12.0 Å². The van der Waals surface area contributed by atoms with E-state index in [-0.39, 0.29) is 25.4 Å². The summed E-state index contributed by atoms with van der Waals surface area (Å²) in [6.07, 6.45) is 0. The van der Waals surface area contributed by atoms with Crippen LogP contribution in [0.3, 0.4) is 0 Å². The molecule has 0 radical (unpaired) electrons. The summed E-state index contributed by atoms with van der Waals surface area (Å²) in [4.78, 5) is 21.2. The fourth-order valence-corrected chi connectivity index (χ4v) is 1.43. The predicted molar refractivity (Wildman–Crippen MR) is 62.7 cm³/mol. The standard InChI is InChI=1S/C8H17N3O6S/c1-9-18(15,16)5-3-11-8(14)10-2-4-17-6-7(12)13/h9H,2-6H2,1H3,(H,12,13)(H2,10,11,14). The maximum Gasteiger partial charge on any atom is 0.329 e. The quantitative estimate of drug-likeness (QED) is 0.359. The first kappa shape index (κ1) is 16.6. The van der Waals surface area contributed by atoms with Crippen LogP contribution in [0.2, 0.25) is 0 Å². The van der Waals surface area contributed by atoms with Gasteiger partial charge in [0.25, 0.3) is 0 Å². The monoisotopic (exact) mass is 283 g/mol. The molecular weight excluding hydrogens is 266 g/mol. The number of hydrogen-bond acceptors (Lipinski definition) is 5. The molecule has 0 rings (SSSR count). The second-order valence-corrected chi connectivity index (χ2v) is 5.20. The summed E-state index contributed by atoms with van der Waals surface area (Å²) in [6, 6.07) is -0.541. The summed E-state index contributed by atoms with van der Waals surface area (Å²) in [7, 11) is -2.05. The number of aliphatic carboxylic acids is 1. The first-order chi connectivity index (χ1) is 8.37. The van der Waals surface area contributed by atoms with Gasteiger partial charge in [-0.25, -0.2) is 22.7 Å². The second kappa shape index (κ2) is 8.66. The van der Waals surface area contributed by atoms with Gasteiger partial charge in [0.05, 0.1) is 12.4 Å². The van der Waals surface area contributed by atoms with Crippen molar-refractivity contribution in [3.63, 3.8) is 0 Å². The number of sulfonamides is 1. The number of rotatable bonds is 9. The molecule has 0 saturated heterocycles. The van der Waals surface area contributed by atoms with E-state index in [0.29, 0.717) is 0 Å². The molecule has 0 atom stereocenters. The zero-order valence-corrected chi connectivity index (χ0v) is 10.7. The summed E-state index contributed by atoms with van der Waals surface area (Å²) in [5, 5.41) is 13.0. The molecule has 0 aliphatic carbocycles. The van der Waals surface area contributed by atoms with Crippen LogP contribution < -0.4 is 15.4 Å². The highest BCUT2D eigenvalue weighted by molar-refractivity contribution is 7.89. The lowest BCUT2D eigenvalue weighted by Crippen LogP contribution is -2.40. The molecule has 0 aromatic carbocycles. The van der Waals surface area contributed by atoms with Crippen molar-refractivity contribution in [1.82, 2.24) is 15.4 Å². The first-order valence-electron chi connectivity index (χ1n) is 5.10. The smallest absolute Gasteiger partial charge is 0.329 e. The van der Waals surface area contributed by atoms with Crippen molar-refractivity contribution < 1.29 is 27.9 Å². The van der Waals surface area contributed by atoms with E-state index in [2.05, 4.69) is 20.1 Å². The van der Waals surface area contributed by atoms with Crippen LogP contribution in [0.1, 0.15) is 0 Å². The summed E-state index contributed by atoms with van der Waals surface area (Å²) >= 11 is 0. The highest BCUT2D eigenvalue weighted by Crippen LogP contribution is 1.79. The Kier molecular flexibility index (Phi) is 8.00. The molecule has 0 saturated carbocycles. The Balaban J connectivity index is 3.52. The molecule has 0 aromatic rings. The Bertz CT molecular complexity index is 369. The normalized spacial score (nSPS) is 10.9. The molecule has 0 aromatic heterocycles. The Morgan fingerprint density at radius 2 is 1.83 bits per heavy atom. The van der Waals surface area contributed by atoms with Gasteiger partial charge in [0.15, 0.2) is 0 Å². The minimum atomic E-state index is -3.34. The molecule has 9 nitrogen and oxygen atoms in total. The van der Waals surface area contributed by atoms with Crippen LogP contribution in [0.5, 0.6) is 0 Å². The number of nitrogens with one attached hydrogen (secondary N) is 3. The average molecular weight is 283 g/mol. The summed E-state index contributed by atoms with van der Waals surface area (Å²) in [5.74, 6) is -1.30. The third-order valence-corrected chi connectivity index (χ3v) is 3.09. The number of carboxylic acids is 1. The van der Waals surface area contributed by atoms with Gasteiger partial charge in [-0.15, -0.1) is 0 Å². The fourth-order valence-electron chi connectivity index (χ4n) is 0.860. The third-order valence-electron chi connectivity index (χ3n) is 1.72. The number of carboxylic acid groups (broad SMARTS) is 1. The van der Waals surface area contributed by atoms with Crippen LogP contribution in [-0.2, 0) is 19.6 Å². The van der Waals surface area contributed by atoms with Crippen LogP contribution in [0, 0.1) is 0 Å². The SMILES string of the molecule is CNS(=O)(=O)CCNC(=O)NCCOCC(=O)O. The number of carbonyl (C=O) groups is 2. The molecule has 0 unspecified atom stereocenters.